The number of rotatable bonds is 5. The van der Waals surface area contributed by atoms with Gasteiger partial charge in [-0.1, -0.05) is 66.7 Å². The van der Waals surface area contributed by atoms with Crippen LogP contribution in [-0.2, 0) is 11.3 Å². The molecule has 0 radical (unpaired) electrons. The third-order valence-electron chi connectivity index (χ3n) is 3.60. The van der Waals surface area contributed by atoms with E-state index in [4.69, 9.17) is 0 Å². The highest BCUT2D eigenvalue weighted by atomic mass is 16.1. The van der Waals surface area contributed by atoms with Crippen molar-refractivity contribution in [1.82, 2.24) is 10.3 Å². The summed E-state index contributed by atoms with van der Waals surface area (Å²) in [4.78, 5) is 16.9. The van der Waals surface area contributed by atoms with Gasteiger partial charge in [0.05, 0.1) is 12.2 Å². The number of nitrogens with one attached hydrogen (secondary N) is 1. The lowest BCUT2D eigenvalue weighted by atomic mass is 10.0. The van der Waals surface area contributed by atoms with E-state index in [9.17, 15) is 4.79 Å². The summed E-state index contributed by atoms with van der Waals surface area (Å²) in [6.45, 7) is 0.401. The van der Waals surface area contributed by atoms with E-state index in [1.807, 2.05) is 84.9 Å². The van der Waals surface area contributed by atoms with E-state index in [0.717, 1.165) is 16.8 Å². The van der Waals surface area contributed by atoms with Crippen molar-refractivity contribution >= 4 is 17.6 Å². The molecule has 0 atom stereocenters. The van der Waals surface area contributed by atoms with E-state index in [-0.39, 0.29) is 5.91 Å². The molecule has 1 aromatic heterocycles. The van der Waals surface area contributed by atoms with Gasteiger partial charge in [0.15, 0.2) is 0 Å². The standard InChI is InChI=1S/C21H18N2O/c24-21(23-16-19-13-7-8-14-22-19)20(18-11-5-2-6-12-18)15-17-9-3-1-4-10-17/h1-15H,16H2,(H,23,24). The maximum absolute atomic E-state index is 12.7. The molecule has 0 saturated carbocycles. The van der Waals surface area contributed by atoms with Crippen molar-refractivity contribution in [3.63, 3.8) is 0 Å². The predicted molar refractivity (Wildman–Crippen MR) is 96.8 cm³/mol. The van der Waals surface area contributed by atoms with Gasteiger partial charge in [0.2, 0.25) is 0 Å². The second-order valence-electron chi connectivity index (χ2n) is 5.34. The summed E-state index contributed by atoms with van der Waals surface area (Å²) in [7, 11) is 0. The Hall–Kier alpha value is -3.20. The number of nitrogens with zero attached hydrogens (tertiary/aromatic N) is 1. The summed E-state index contributed by atoms with van der Waals surface area (Å²) in [6, 6.07) is 25.2. The van der Waals surface area contributed by atoms with Gasteiger partial charge in [-0.15, -0.1) is 0 Å². The lowest BCUT2D eigenvalue weighted by Gasteiger charge is -2.09. The molecule has 1 N–H and O–H groups in total. The Labute approximate surface area is 141 Å². The highest BCUT2D eigenvalue weighted by molar-refractivity contribution is 6.24. The van der Waals surface area contributed by atoms with Crippen LogP contribution in [0.5, 0.6) is 0 Å². The number of carbonyl (C=O) groups is 1. The molecule has 0 spiro atoms. The van der Waals surface area contributed by atoms with Gasteiger partial charge in [-0.3, -0.25) is 9.78 Å². The van der Waals surface area contributed by atoms with Crippen LogP contribution in [0.3, 0.4) is 0 Å². The maximum Gasteiger partial charge on any atom is 0.252 e. The Kier molecular flexibility index (Phi) is 5.15. The van der Waals surface area contributed by atoms with Crippen molar-refractivity contribution in [1.29, 1.82) is 0 Å². The number of hydrogen-bond acceptors (Lipinski definition) is 2. The largest absolute Gasteiger partial charge is 0.346 e. The fourth-order valence-electron chi connectivity index (χ4n) is 2.38. The van der Waals surface area contributed by atoms with Gasteiger partial charge in [0.25, 0.3) is 5.91 Å². The molecule has 0 aliphatic rings. The summed E-state index contributed by atoms with van der Waals surface area (Å²) in [5.41, 5.74) is 3.35. The Morgan fingerprint density at radius 1 is 0.875 bits per heavy atom. The molecule has 3 heteroatoms. The van der Waals surface area contributed by atoms with E-state index in [0.29, 0.717) is 12.1 Å². The monoisotopic (exact) mass is 314 g/mol. The molecule has 118 valence electrons. The minimum Gasteiger partial charge on any atom is -0.346 e. The van der Waals surface area contributed by atoms with Crippen LogP contribution in [0.15, 0.2) is 85.1 Å². The molecule has 0 fully saturated rings. The van der Waals surface area contributed by atoms with Crippen molar-refractivity contribution in [2.24, 2.45) is 0 Å². The lowest BCUT2D eigenvalue weighted by Crippen LogP contribution is -2.24. The summed E-state index contributed by atoms with van der Waals surface area (Å²) in [5, 5.41) is 2.95. The Balaban J connectivity index is 1.84. The number of aromatic nitrogens is 1. The molecule has 3 nitrogen and oxygen atoms in total. The summed E-state index contributed by atoms with van der Waals surface area (Å²) in [5.74, 6) is -0.115. The zero-order chi connectivity index (χ0) is 16.6. The van der Waals surface area contributed by atoms with Crippen molar-refractivity contribution in [3.8, 4) is 0 Å². The number of hydrogen-bond donors (Lipinski definition) is 1. The van der Waals surface area contributed by atoms with Crippen LogP contribution >= 0.6 is 0 Å². The zero-order valence-electron chi connectivity index (χ0n) is 13.2. The van der Waals surface area contributed by atoms with Gasteiger partial charge in [-0.05, 0) is 29.3 Å². The highest BCUT2D eigenvalue weighted by Crippen LogP contribution is 2.18. The fourth-order valence-corrected chi connectivity index (χ4v) is 2.38. The number of carbonyl (C=O) groups excluding carboxylic acids is 1. The fraction of sp³-hybridized carbons (Fsp3) is 0.0476. The number of amides is 1. The number of benzene rings is 2. The molecule has 2 aromatic carbocycles. The van der Waals surface area contributed by atoms with Crippen LogP contribution in [0.25, 0.3) is 11.6 Å². The molecule has 3 rings (SSSR count). The predicted octanol–water partition coefficient (Wildman–Crippen LogP) is 3.94. The Morgan fingerprint density at radius 3 is 2.21 bits per heavy atom. The van der Waals surface area contributed by atoms with Crippen LogP contribution < -0.4 is 5.32 Å². The second kappa shape index (κ2) is 7.88. The SMILES string of the molecule is O=C(NCc1ccccn1)C(=Cc1ccccc1)c1ccccc1. The van der Waals surface area contributed by atoms with E-state index in [1.165, 1.54) is 0 Å². The van der Waals surface area contributed by atoms with Gasteiger partial charge in [-0.25, -0.2) is 0 Å². The molecule has 0 aliphatic heterocycles. The van der Waals surface area contributed by atoms with Crippen molar-refractivity contribution in [3.05, 3.63) is 102 Å². The zero-order valence-corrected chi connectivity index (χ0v) is 13.2. The van der Waals surface area contributed by atoms with Crippen LogP contribution in [0.2, 0.25) is 0 Å². The minimum absolute atomic E-state index is 0.115. The molecular formula is C21H18N2O. The summed E-state index contributed by atoms with van der Waals surface area (Å²) in [6.07, 6.45) is 3.63. The van der Waals surface area contributed by atoms with Crippen LogP contribution in [0.1, 0.15) is 16.8 Å². The molecule has 0 bridgehead atoms. The first-order chi connectivity index (χ1) is 11.8. The Morgan fingerprint density at radius 2 is 1.54 bits per heavy atom. The van der Waals surface area contributed by atoms with E-state index >= 15 is 0 Å². The van der Waals surface area contributed by atoms with Crippen molar-refractivity contribution in [2.75, 3.05) is 0 Å². The third kappa shape index (κ3) is 4.17. The highest BCUT2D eigenvalue weighted by Gasteiger charge is 2.12. The third-order valence-corrected chi connectivity index (χ3v) is 3.60. The normalized spacial score (nSPS) is 11.1. The molecule has 0 saturated heterocycles. The van der Waals surface area contributed by atoms with Gasteiger partial charge in [0, 0.05) is 11.8 Å². The van der Waals surface area contributed by atoms with E-state index < -0.39 is 0 Å². The molecule has 3 aromatic rings. The minimum atomic E-state index is -0.115. The molecule has 0 unspecified atom stereocenters. The first kappa shape index (κ1) is 15.7. The number of pyridine rings is 1. The van der Waals surface area contributed by atoms with E-state index in [1.54, 1.807) is 6.20 Å². The first-order valence-corrected chi connectivity index (χ1v) is 7.83. The topological polar surface area (TPSA) is 42.0 Å². The quantitative estimate of drug-likeness (QED) is 0.572. The Bertz CT molecular complexity index is 812. The second-order valence-corrected chi connectivity index (χ2v) is 5.34. The average molecular weight is 314 g/mol. The van der Waals surface area contributed by atoms with Gasteiger partial charge < -0.3 is 5.32 Å². The average Bonchev–Trinajstić information content (AvgIpc) is 2.66. The van der Waals surface area contributed by atoms with Gasteiger partial charge >= 0.3 is 0 Å². The summed E-state index contributed by atoms with van der Waals surface area (Å²) >= 11 is 0. The van der Waals surface area contributed by atoms with Gasteiger partial charge in [0.1, 0.15) is 0 Å². The van der Waals surface area contributed by atoms with Crippen LogP contribution in [0, 0.1) is 0 Å². The van der Waals surface area contributed by atoms with Crippen molar-refractivity contribution in [2.45, 2.75) is 6.54 Å². The molecule has 1 amide bonds. The van der Waals surface area contributed by atoms with Crippen LogP contribution in [-0.4, -0.2) is 10.9 Å². The summed E-state index contributed by atoms with van der Waals surface area (Å²) < 4.78 is 0. The molecule has 1 heterocycles. The maximum atomic E-state index is 12.7. The molecule has 24 heavy (non-hydrogen) atoms. The molecular weight excluding hydrogens is 296 g/mol. The molecule has 0 aliphatic carbocycles. The van der Waals surface area contributed by atoms with E-state index in [2.05, 4.69) is 10.3 Å². The smallest absolute Gasteiger partial charge is 0.252 e. The first-order valence-electron chi connectivity index (χ1n) is 7.83. The van der Waals surface area contributed by atoms with Gasteiger partial charge in [-0.2, -0.15) is 0 Å². The lowest BCUT2D eigenvalue weighted by molar-refractivity contribution is -0.115. The van der Waals surface area contributed by atoms with Crippen molar-refractivity contribution < 1.29 is 4.79 Å². The van der Waals surface area contributed by atoms with Crippen LogP contribution in [0.4, 0.5) is 0 Å².